The van der Waals surface area contributed by atoms with E-state index in [0.29, 0.717) is 0 Å². The van der Waals surface area contributed by atoms with Crippen molar-refractivity contribution in [2.24, 2.45) is 0 Å². The minimum atomic E-state index is -1.75. The van der Waals surface area contributed by atoms with Crippen LogP contribution in [-0.4, -0.2) is 18.9 Å². The number of unbranched alkanes of at least 4 members (excludes halogenated alkanes) is 3. The first-order chi connectivity index (χ1) is 9.79. The van der Waals surface area contributed by atoms with Gasteiger partial charge in [-0.15, -0.1) is 0 Å². The van der Waals surface area contributed by atoms with Gasteiger partial charge < -0.3 is 0 Å². The normalized spacial score (nSPS) is 12.6. The molecule has 0 saturated heterocycles. The second-order valence-corrected chi connectivity index (χ2v) is 9.62. The summed E-state index contributed by atoms with van der Waals surface area (Å²) in [7, 11) is -1.75. The van der Waals surface area contributed by atoms with Crippen LogP contribution in [0.15, 0.2) is 30.3 Å². The van der Waals surface area contributed by atoms with E-state index in [1.54, 1.807) is 0 Å². The number of benzene rings is 1. The third-order valence-corrected chi connectivity index (χ3v) is 8.51. The van der Waals surface area contributed by atoms with Gasteiger partial charge in [-0.1, -0.05) is 0 Å². The molecule has 0 aliphatic heterocycles. The molecule has 20 heavy (non-hydrogen) atoms. The molecule has 0 heterocycles. The summed E-state index contributed by atoms with van der Waals surface area (Å²) in [6, 6.07) is 11.1. The third-order valence-electron chi connectivity index (χ3n) is 4.04. The summed E-state index contributed by atoms with van der Waals surface area (Å²) in [5.74, 6) is 0. The van der Waals surface area contributed by atoms with Crippen LogP contribution >= 0.6 is 7.49 Å². The van der Waals surface area contributed by atoms with Gasteiger partial charge in [0, 0.05) is 0 Å². The van der Waals surface area contributed by atoms with E-state index >= 15 is 0 Å². The summed E-state index contributed by atoms with van der Waals surface area (Å²) in [5, 5.41) is 1.51. The first-order valence-electron chi connectivity index (χ1n) is 8.48. The molecule has 0 aliphatic rings. The average Bonchev–Trinajstić information content (AvgIpc) is 2.51. The van der Waals surface area contributed by atoms with Gasteiger partial charge in [-0.25, -0.2) is 0 Å². The molecule has 0 N–H and O–H groups in total. The topological polar surface area (TPSA) is 9.23 Å². The Morgan fingerprint density at radius 2 is 1.35 bits per heavy atom. The number of rotatable bonds is 11. The van der Waals surface area contributed by atoms with Crippen molar-refractivity contribution in [2.75, 3.05) is 18.9 Å². The summed E-state index contributed by atoms with van der Waals surface area (Å²) in [5.41, 5.74) is 0. The van der Waals surface area contributed by atoms with Crippen molar-refractivity contribution in [3.05, 3.63) is 30.3 Å². The van der Waals surface area contributed by atoms with E-state index in [1.807, 2.05) is 0 Å². The monoisotopic (exact) mass is 296 g/mol. The van der Waals surface area contributed by atoms with Crippen LogP contribution in [0.25, 0.3) is 0 Å². The number of hydrogen-bond acceptors (Lipinski definition) is 1. The number of hydrogen-bond donors (Lipinski definition) is 0. The van der Waals surface area contributed by atoms with Crippen LogP contribution in [0.2, 0.25) is 0 Å². The second kappa shape index (κ2) is 10.4. The predicted octanol–water partition coefficient (Wildman–Crippen LogP) is 5.39. The zero-order valence-corrected chi connectivity index (χ0v) is 14.7. The average molecular weight is 296 g/mol. The SMILES string of the molecule is CCCCO[PH](CCCC)(CCCC)c1ccccc1. The fraction of sp³-hybridized carbons (Fsp3) is 0.667. The van der Waals surface area contributed by atoms with Crippen molar-refractivity contribution in [1.82, 2.24) is 0 Å². The van der Waals surface area contributed by atoms with Crippen molar-refractivity contribution >= 4 is 12.8 Å². The van der Waals surface area contributed by atoms with Crippen molar-refractivity contribution in [2.45, 2.75) is 59.3 Å². The molecule has 0 fully saturated rings. The summed E-state index contributed by atoms with van der Waals surface area (Å²) in [4.78, 5) is 0. The van der Waals surface area contributed by atoms with Crippen LogP contribution < -0.4 is 5.30 Å². The molecular formula is C18H33OP. The van der Waals surface area contributed by atoms with Gasteiger partial charge in [0.1, 0.15) is 0 Å². The van der Waals surface area contributed by atoms with E-state index in [1.165, 1.54) is 56.2 Å². The summed E-state index contributed by atoms with van der Waals surface area (Å²) in [6.07, 6.45) is 10.1. The fourth-order valence-electron chi connectivity index (χ4n) is 2.72. The van der Waals surface area contributed by atoms with Crippen LogP contribution in [0.3, 0.4) is 0 Å². The molecular weight excluding hydrogens is 263 g/mol. The molecule has 1 rings (SSSR count). The first kappa shape index (κ1) is 17.7. The standard InChI is InChI=1S/C18H33OP/c1-4-7-15-19-20(16-8-5-2,17-9-6-3)18-13-11-10-12-14-18/h10-14,20H,4-9,15-17H2,1-3H3. The summed E-state index contributed by atoms with van der Waals surface area (Å²) in [6.45, 7) is 7.77. The van der Waals surface area contributed by atoms with Crippen molar-refractivity contribution < 1.29 is 4.52 Å². The molecule has 2 heteroatoms. The molecule has 1 aromatic carbocycles. The Kier molecular flexibility index (Phi) is 9.14. The summed E-state index contributed by atoms with van der Waals surface area (Å²) >= 11 is 0. The Bertz CT molecular complexity index is 329. The zero-order chi connectivity index (χ0) is 14.7. The predicted molar refractivity (Wildman–Crippen MR) is 94.8 cm³/mol. The van der Waals surface area contributed by atoms with Crippen LogP contribution in [0, 0.1) is 0 Å². The van der Waals surface area contributed by atoms with Gasteiger partial charge in [-0.2, -0.15) is 0 Å². The van der Waals surface area contributed by atoms with Gasteiger partial charge in [0.15, 0.2) is 0 Å². The third kappa shape index (κ3) is 5.54. The van der Waals surface area contributed by atoms with E-state index in [-0.39, 0.29) is 0 Å². The van der Waals surface area contributed by atoms with Crippen molar-refractivity contribution in [1.29, 1.82) is 0 Å². The Morgan fingerprint density at radius 1 is 0.800 bits per heavy atom. The van der Waals surface area contributed by atoms with E-state index in [4.69, 9.17) is 4.52 Å². The molecule has 1 nitrogen and oxygen atoms in total. The Balaban J connectivity index is 2.90. The molecule has 0 bridgehead atoms. The first-order valence-corrected chi connectivity index (χ1v) is 10.8. The molecule has 0 aromatic heterocycles. The Hall–Kier alpha value is -0.390. The fourth-order valence-corrected chi connectivity index (χ4v) is 7.19. The molecule has 0 atom stereocenters. The van der Waals surface area contributed by atoms with Gasteiger partial charge in [-0.3, -0.25) is 0 Å². The van der Waals surface area contributed by atoms with Gasteiger partial charge in [-0.05, 0) is 0 Å². The van der Waals surface area contributed by atoms with Crippen LogP contribution in [-0.2, 0) is 4.52 Å². The van der Waals surface area contributed by atoms with E-state index in [2.05, 4.69) is 51.1 Å². The Morgan fingerprint density at radius 3 is 1.85 bits per heavy atom. The molecule has 0 aliphatic carbocycles. The molecule has 116 valence electrons. The molecule has 0 unspecified atom stereocenters. The van der Waals surface area contributed by atoms with Crippen LogP contribution in [0.5, 0.6) is 0 Å². The maximum atomic E-state index is 6.60. The van der Waals surface area contributed by atoms with Crippen LogP contribution in [0.4, 0.5) is 0 Å². The van der Waals surface area contributed by atoms with E-state index < -0.39 is 7.49 Å². The second-order valence-electron chi connectivity index (χ2n) is 5.77. The van der Waals surface area contributed by atoms with Crippen LogP contribution in [0.1, 0.15) is 59.3 Å². The molecule has 0 saturated carbocycles. The summed E-state index contributed by atoms with van der Waals surface area (Å²) < 4.78 is 6.60. The maximum absolute atomic E-state index is 6.60. The van der Waals surface area contributed by atoms with E-state index in [9.17, 15) is 0 Å². The van der Waals surface area contributed by atoms with Gasteiger partial charge in [0.05, 0.1) is 0 Å². The van der Waals surface area contributed by atoms with Gasteiger partial charge in [0.2, 0.25) is 0 Å². The van der Waals surface area contributed by atoms with Gasteiger partial charge >= 0.3 is 126 Å². The minimum absolute atomic E-state index is 0.949. The van der Waals surface area contributed by atoms with Crippen molar-refractivity contribution in [3.63, 3.8) is 0 Å². The van der Waals surface area contributed by atoms with Gasteiger partial charge in [0.25, 0.3) is 0 Å². The molecule has 0 amide bonds. The molecule has 0 radical (unpaired) electrons. The Labute approximate surface area is 126 Å². The van der Waals surface area contributed by atoms with E-state index in [0.717, 1.165) is 6.61 Å². The van der Waals surface area contributed by atoms with Crippen molar-refractivity contribution in [3.8, 4) is 0 Å². The quantitative estimate of drug-likeness (QED) is 0.393. The zero-order valence-electron chi connectivity index (χ0n) is 13.7. The molecule has 0 spiro atoms. The molecule has 1 aromatic rings.